The fraction of sp³-hybridized carbons (Fsp3) is 0.212. The van der Waals surface area contributed by atoms with Gasteiger partial charge in [0.2, 0.25) is 11.8 Å². The van der Waals surface area contributed by atoms with Crippen molar-refractivity contribution in [2.45, 2.75) is 44.2 Å². The van der Waals surface area contributed by atoms with Crippen LogP contribution in [0.2, 0.25) is 0 Å². The van der Waals surface area contributed by atoms with E-state index in [0.29, 0.717) is 34.5 Å². The van der Waals surface area contributed by atoms with E-state index in [9.17, 15) is 29.1 Å². The normalized spacial score (nSPS) is 20.4. The highest BCUT2D eigenvalue weighted by molar-refractivity contribution is 6.15. The molecule has 1 saturated heterocycles. The summed E-state index contributed by atoms with van der Waals surface area (Å²) in [5.41, 5.74) is 3.29. The lowest BCUT2D eigenvalue weighted by Gasteiger charge is -2.29. The van der Waals surface area contributed by atoms with E-state index in [1.807, 2.05) is 30.3 Å². The van der Waals surface area contributed by atoms with E-state index in [1.54, 1.807) is 42.5 Å². The van der Waals surface area contributed by atoms with Crippen LogP contribution >= 0.6 is 0 Å². The molecule has 2 unspecified atom stereocenters. The number of aliphatic hydroxyl groups is 1. The predicted octanol–water partition coefficient (Wildman–Crippen LogP) is 4.36. The van der Waals surface area contributed by atoms with Crippen molar-refractivity contribution in [3.63, 3.8) is 0 Å². The van der Waals surface area contributed by atoms with Crippen molar-refractivity contribution in [1.29, 1.82) is 0 Å². The molecule has 216 valence electrons. The molecule has 2 aliphatic heterocycles. The number of nitrogens with zero attached hydrogens (tertiary/aromatic N) is 2. The first-order valence-electron chi connectivity index (χ1n) is 14.0. The number of anilines is 1. The van der Waals surface area contributed by atoms with Crippen LogP contribution in [0.5, 0.6) is 0 Å². The molecule has 4 amide bonds. The molecular weight excluding hydrogens is 548 g/mol. The number of fused-ring (bicyclic) bond motifs is 1. The molecule has 0 saturated carbocycles. The van der Waals surface area contributed by atoms with E-state index in [2.05, 4.69) is 15.6 Å². The SMILES string of the molecule is O=C1CCC(N2Cc3c(NC(=O)c4cccc(N=CC5=C(O)CC(c6ccccc6)CC5=O)c4)cccc3C2=O)C(=O)N1. The molecular formula is C33H28N4O6. The number of allylic oxidation sites excluding steroid dienone is 2. The first-order valence-corrected chi connectivity index (χ1v) is 14.0. The molecule has 0 bridgehead atoms. The quantitative estimate of drug-likeness (QED) is 0.294. The average molecular weight is 577 g/mol. The van der Waals surface area contributed by atoms with Gasteiger partial charge in [-0.3, -0.25) is 34.3 Å². The van der Waals surface area contributed by atoms with E-state index >= 15 is 0 Å². The number of carbonyl (C=O) groups is 5. The van der Waals surface area contributed by atoms with E-state index in [1.165, 1.54) is 11.1 Å². The second kappa shape index (κ2) is 11.5. The second-order valence-electron chi connectivity index (χ2n) is 10.8. The van der Waals surface area contributed by atoms with Gasteiger partial charge in [-0.2, -0.15) is 0 Å². The molecule has 43 heavy (non-hydrogen) atoms. The van der Waals surface area contributed by atoms with Gasteiger partial charge in [-0.1, -0.05) is 42.5 Å². The van der Waals surface area contributed by atoms with Crippen LogP contribution in [0.4, 0.5) is 11.4 Å². The molecule has 10 heteroatoms. The minimum Gasteiger partial charge on any atom is -0.511 e. The Morgan fingerprint density at radius 3 is 2.53 bits per heavy atom. The number of piperidine rings is 1. The van der Waals surface area contributed by atoms with E-state index in [0.717, 1.165) is 5.56 Å². The summed E-state index contributed by atoms with van der Waals surface area (Å²) in [6.07, 6.45) is 2.34. The Morgan fingerprint density at radius 2 is 1.77 bits per heavy atom. The number of aliphatic hydroxyl groups excluding tert-OH is 1. The molecule has 10 nitrogen and oxygen atoms in total. The smallest absolute Gasteiger partial charge is 0.255 e. The molecule has 3 aromatic rings. The lowest BCUT2D eigenvalue weighted by Crippen LogP contribution is -2.52. The van der Waals surface area contributed by atoms with Crippen molar-refractivity contribution in [1.82, 2.24) is 10.2 Å². The van der Waals surface area contributed by atoms with Crippen molar-refractivity contribution >= 4 is 47.0 Å². The standard InChI is InChI=1S/C33H28N4O6/c38-28-15-21(19-6-2-1-3-7-19)16-29(39)24(28)17-34-22-9-4-8-20(14-22)31(41)35-26-11-5-10-23-25(26)18-37(33(23)43)27-12-13-30(40)36-32(27)42/h1-11,14,17,21,27,38H,12-13,15-16,18H2,(H,35,41)(H,36,40,42). The first-order chi connectivity index (χ1) is 20.8. The van der Waals surface area contributed by atoms with Gasteiger partial charge in [-0.25, -0.2) is 0 Å². The van der Waals surface area contributed by atoms with Crippen molar-refractivity contribution in [3.05, 3.63) is 106 Å². The number of ketones is 1. The number of Topliss-reactive ketones (excluding diaryl/α,β-unsaturated/α-hetero) is 1. The number of benzene rings is 3. The van der Waals surface area contributed by atoms with Crippen molar-refractivity contribution in [2.75, 3.05) is 5.32 Å². The number of amides is 4. The maximum absolute atomic E-state index is 13.2. The van der Waals surface area contributed by atoms with Crippen LogP contribution in [0.15, 0.2) is 89.1 Å². The maximum Gasteiger partial charge on any atom is 0.255 e. The number of hydrogen-bond acceptors (Lipinski definition) is 7. The molecule has 1 aliphatic carbocycles. The number of carbonyl (C=O) groups excluding carboxylic acids is 5. The van der Waals surface area contributed by atoms with Gasteiger partial charge < -0.3 is 15.3 Å². The van der Waals surface area contributed by atoms with Gasteiger partial charge in [0.05, 0.1) is 11.3 Å². The summed E-state index contributed by atoms with van der Waals surface area (Å²) in [6.45, 7) is 0.124. The van der Waals surface area contributed by atoms with Gasteiger partial charge in [-0.05, 0) is 48.2 Å². The van der Waals surface area contributed by atoms with E-state index in [-0.39, 0.29) is 60.7 Å². The molecule has 6 rings (SSSR count). The third-order valence-electron chi connectivity index (χ3n) is 8.04. The Labute approximate surface area is 247 Å². The second-order valence-corrected chi connectivity index (χ2v) is 10.8. The summed E-state index contributed by atoms with van der Waals surface area (Å²) < 4.78 is 0. The minimum atomic E-state index is -0.759. The van der Waals surface area contributed by atoms with Gasteiger partial charge >= 0.3 is 0 Å². The maximum atomic E-state index is 13.2. The third-order valence-corrected chi connectivity index (χ3v) is 8.04. The van der Waals surface area contributed by atoms with Crippen molar-refractivity contribution < 1.29 is 29.1 Å². The summed E-state index contributed by atoms with van der Waals surface area (Å²) in [5, 5.41) is 15.8. The molecule has 0 radical (unpaired) electrons. The van der Waals surface area contributed by atoms with E-state index in [4.69, 9.17) is 0 Å². The molecule has 1 fully saturated rings. The molecule has 3 aliphatic rings. The van der Waals surface area contributed by atoms with Crippen molar-refractivity contribution in [3.8, 4) is 0 Å². The van der Waals surface area contributed by atoms with Crippen LogP contribution in [0, 0.1) is 0 Å². The number of imide groups is 1. The van der Waals surface area contributed by atoms with Crippen LogP contribution in [-0.4, -0.2) is 51.7 Å². The molecule has 2 atom stereocenters. The number of aliphatic imine (C=N–C) groups is 1. The average Bonchev–Trinajstić information content (AvgIpc) is 3.34. The molecule has 0 aromatic heterocycles. The Balaban J connectivity index is 1.16. The van der Waals surface area contributed by atoms with Crippen LogP contribution in [0.1, 0.15) is 63.4 Å². The fourth-order valence-electron chi connectivity index (χ4n) is 5.78. The highest BCUT2D eigenvalue weighted by atomic mass is 16.3. The van der Waals surface area contributed by atoms with Crippen LogP contribution in [0.25, 0.3) is 0 Å². The zero-order chi connectivity index (χ0) is 30.1. The van der Waals surface area contributed by atoms with Gasteiger partial charge in [0.1, 0.15) is 11.8 Å². The van der Waals surface area contributed by atoms with Gasteiger partial charge in [0.25, 0.3) is 11.8 Å². The Hall–Kier alpha value is -5.38. The fourth-order valence-corrected chi connectivity index (χ4v) is 5.78. The lowest BCUT2D eigenvalue weighted by molar-refractivity contribution is -0.137. The van der Waals surface area contributed by atoms with Crippen molar-refractivity contribution in [2.24, 2.45) is 4.99 Å². The lowest BCUT2D eigenvalue weighted by atomic mass is 9.83. The summed E-state index contributed by atoms with van der Waals surface area (Å²) in [4.78, 5) is 68.9. The van der Waals surface area contributed by atoms with Crippen LogP contribution in [0.3, 0.4) is 0 Å². The van der Waals surface area contributed by atoms with Gasteiger partial charge in [-0.15, -0.1) is 0 Å². The highest BCUT2D eigenvalue weighted by Crippen LogP contribution is 2.34. The zero-order valence-electron chi connectivity index (χ0n) is 23.1. The van der Waals surface area contributed by atoms with Crippen LogP contribution < -0.4 is 10.6 Å². The van der Waals surface area contributed by atoms with Gasteiger partial charge in [0.15, 0.2) is 5.78 Å². The summed E-state index contributed by atoms with van der Waals surface area (Å²) >= 11 is 0. The monoisotopic (exact) mass is 576 g/mol. The van der Waals surface area contributed by atoms with E-state index < -0.39 is 17.9 Å². The zero-order valence-corrected chi connectivity index (χ0v) is 23.1. The van der Waals surface area contributed by atoms with Gasteiger partial charge in [0, 0.05) is 54.4 Å². The molecule has 3 N–H and O–H groups in total. The topological polar surface area (TPSA) is 145 Å². The molecule has 3 aromatic carbocycles. The number of rotatable bonds is 6. The summed E-state index contributed by atoms with van der Waals surface area (Å²) in [7, 11) is 0. The predicted molar refractivity (Wildman–Crippen MR) is 158 cm³/mol. The molecule has 0 spiro atoms. The highest BCUT2D eigenvalue weighted by Gasteiger charge is 2.40. The molecule has 2 heterocycles. The number of nitrogens with one attached hydrogen (secondary N) is 2. The largest absolute Gasteiger partial charge is 0.511 e. The number of hydrogen-bond donors (Lipinski definition) is 3. The first kappa shape index (κ1) is 27.8. The Bertz CT molecular complexity index is 1730. The van der Waals surface area contributed by atoms with Crippen LogP contribution in [-0.2, 0) is 20.9 Å². The third kappa shape index (κ3) is 5.59. The summed E-state index contributed by atoms with van der Waals surface area (Å²) in [6, 6.07) is 20.3. The Morgan fingerprint density at radius 1 is 0.977 bits per heavy atom. The summed E-state index contributed by atoms with van der Waals surface area (Å²) in [5.74, 6) is -1.93. The Kier molecular flexibility index (Phi) is 7.41. The minimum absolute atomic E-state index is 0.0124.